The lowest BCUT2D eigenvalue weighted by molar-refractivity contribution is 0.0710. The molecule has 1 aliphatic carbocycles. The Hall–Kier alpha value is -1.77. The molecule has 0 spiro atoms. The van der Waals surface area contributed by atoms with E-state index >= 15 is 0 Å². The zero-order valence-corrected chi connectivity index (χ0v) is 13.6. The van der Waals surface area contributed by atoms with E-state index in [0.717, 1.165) is 35.9 Å². The van der Waals surface area contributed by atoms with E-state index in [-0.39, 0.29) is 11.3 Å². The number of benzene rings is 1. The quantitative estimate of drug-likeness (QED) is 0.841. The van der Waals surface area contributed by atoms with Gasteiger partial charge in [0.15, 0.2) is 0 Å². The number of hydrogen-bond donors (Lipinski definition) is 1. The van der Waals surface area contributed by atoms with Gasteiger partial charge in [-0.2, -0.15) is 0 Å². The summed E-state index contributed by atoms with van der Waals surface area (Å²) in [7, 11) is 0. The largest absolute Gasteiger partial charge is 0.360 e. The topological polar surface area (TPSA) is 36.1 Å². The van der Waals surface area contributed by atoms with Crippen LogP contribution in [0.4, 0.5) is 0 Å². The first-order valence-corrected chi connectivity index (χ1v) is 8.24. The molecule has 3 heteroatoms. The first kappa shape index (κ1) is 13.9. The van der Waals surface area contributed by atoms with E-state index in [9.17, 15) is 4.79 Å². The van der Waals surface area contributed by atoms with E-state index in [1.165, 1.54) is 6.42 Å². The van der Waals surface area contributed by atoms with Gasteiger partial charge in [-0.25, -0.2) is 0 Å². The van der Waals surface area contributed by atoms with E-state index in [1.54, 1.807) is 0 Å². The van der Waals surface area contributed by atoms with Crippen molar-refractivity contribution in [2.45, 2.75) is 46.1 Å². The van der Waals surface area contributed by atoms with Gasteiger partial charge in [0.1, 0.15) is 0 Å². The summed E-state index contributed by atoms with van der Waals surface area (Å²) in [5.74, 6) is 0.198. The monoisotopic (exact) mass is 296 g/mol. The Bertz CT molecular complexity index is 745. The number of para-hydroxylation sites is 1. The van der Waals surface area contributed by atoms with Gasteiger partial charge in [0.2, 0.25) is 0 Å². The van der Waals surface area contributed by atoms with Crippen LogP contribution in [0.3, 0.4) is 0 Å². The standard InChI is InChI=1S/C19H24N2O/c1-18(2)8-13-9-19(3,11-18)12-21(13)17(22)15-10-20-16-7-5-4-6-14(15)16/h4-7,10,13,20H,8-9,11-12H2,1-3H3/t13-,19-/m0/s1. The van der Waals surface area contributed by atoms with Gasteiger partial charge in [-0.3, -0.25) is 4.79 Å². The number of carbonyl (C=O) groups is 1. The number of aromatic amines is 1. The van der Waals surface area contributed by atoms with Crippen LogP contribution in [0.2, 0.25) is 0 Å². The third-order valence-corrected chi connectivity index (χ3v) is 5.50. The van der Waals surface area contributed by atoms with Gasteiger partial charge in [0.05, 0.1) is 5.56 Å². The van der Waals surface area contributed by atoms with Gasteiger partial charge in [0.25, 0.3) is 5.91 Å². The molecular weight excluding hydrogens is 272 g/mol. The summed E-state index contributed by atoms with van der Waals surface area (Å²) in [6.45, 7) is 7.94. The van der Waals surface area contributed by atoms with Gasteiger partial charge in [-0.1, -0.05) is 39.0 Å². The van der Waals surface area contributed by atoms with E-state index in [0.29, 0.717) is 11.5 Å². The maximum Gasteiger partial charge on any atom is 0.256 e. The van der Waals surface area contributed by atoms with Crippen molar-refractivity contribution in [3.05, 3.63) is 36.0 Å². The molecule has 3 nitrogen and oxygen atoms in total. The molecule has 2 fully saturated rings. The number of fused-ring (bicyclic) bond motifs is 3. The van der Waals surface area contributed by atoms with Crippen LogP contribution in [-0.4, -0.2) is 28.4 Å². The molecule has 4 rings (SSSR count). The fourth-order valence-electron chi connectivity index (χ4n) is 5.10. The summed E-state index contributed by atoms with van der Waals surface area (Å²) in [5, 5.41) is 1.04. The van der Waals surface area contributed by atoms with Crippen molar-refractivity contribution in [3.63, 3.8) is 0 Å². The lowest BCUT2D eigenvalue weighted by atomic mass is 9.65. The van der Waals surface area contributed by atoms with E-state index in [4.69, 9.17) is 0 Å². The third-order valence-electron chi connectivity index (χ3n) is 5.50. The van der Waals surface area contributed by atoms with Crippen molar-refractivity contribution in [1.29, 1.82) is 0 Å². The smallest absolute Gasteiger partial charge is 0.256 e. The molecule has 2 aromatic rings. The SMILES string of the molecule is CC1(C)C[C@H]2C[C@](C)(CN2C(=O)c2c[nH]c3ccccc23)C1. The summed E-state index contributed by atoms with van der Waals surface area (Å²) in [6.07, 6.45) is 5.37. The van der Waals surface area contributed by atoms with Crippen LogP contribution in [0.1, 0.15) is 50.4 Å². The summed E-state index contributed by atoms with van der Waals surface area (Å²) < 4.78 is 0. The van der Waals surface area contributed by atoms with Gasteiger partial charge in [0, 0.05) is 29.7 Å². The molecule has 1 aromatic heterocycles. The number of carbonyl (C=O) groups excluding carboxylic acids is 1. The Morgan fingerprint density at radius 3 is 2.82 bits per heavy atom. The van der Waals surface area contributed by atoms with Crippen molar-refractivity contribution in [2.75, 3.05) is 6.54 Å². The number of H-pyrrole nitrogens is 1. The average Bonchev–Trinajstić information content (AvgIpc) is 2.95. The van der Waals surface area contributed by atoms with Gasteiger partial charge in [-0.05, 0) is 36.2 Å². The molecule has 2 aliphatic rings. The van der Waals surface area contributed by atoms with Crippen molar-refractivity contribution in [2.24, 2.45) is 10.8 Å². The molecule has 0 radical (unpaired) electrons. The second-order valence-corrected chi connectivity index (χ2v) is 8.39. The molecule has 116 valence electrons. The minimum atomic E-state index is 0.198. The summed E-state index contributed by atoms with van der Waals surface area (Å²) in [6, 6.07) is 8.46. The first-order chi connectivity index (χ1) is 10.4. The van der Waals surface area contributed by atoms with E-state index in [2.05, 4.69) is 30.7 Å². The second-order valence-electron chi connectivity index (χ2n) is 8.39. The van der Waals surface area contributed by atoms with Crippen LogP contribution < -0.4 is 0 Å². The second kappa shape index (κ2) is 4.37. The van der Waals surface area contributed by atoms with Crippen LogP contribution in [0, 0.1) is 10.8 Å². The summed E-state index contributed by atoms with van der Waals surface area (Å²) >= 11 is 0. The lowest BCUT2D eigenvalue weighted by Gasteiger charge is -2.39. The molecule has 1 N–H and O–H groups in total. The normalized spacial score (nSPS) is 30.0. The molecule has 22 heavy (non-hydrogen) atoms. The number of likely N-dealkylation sites (tertiary alicyclic amines) is 1. The van der Waals surface area contributed by atoms with Crippen molar-refractivity contribution < 1.29 is 4.79 Å². The molecule has 0 unspecified atom stereocenters. The predicted octanol–water partition coefficient (Wildman–Crippen LogP) is 4.21. The average molecular weight is 296 g/mol. The fourth-order valence-corrected chi connectivity index (χ4v) is 5.10. The van der Waals surface area contributed by atoms with Crippen LogP contribution in [0.5, 0.6) is 0 Å². The van der Waals surface area contributed by atoms with Gasteiger partial charge >= 0.3 is 0 Å². The Kier molecular flexibility index (Phi) is 2.76. The molecule has 2 bridgehead atoms. The van der Waals surface area contributed by atoms with Crippen molar-refractivity contribution in [1.82, 2.24) is 9.88 Å². The van der Waals surface area contributed by atoms with Crippen LogP contribution in [0.15, 0.2) is 30.5 Å². The van der Waals surface area contributed by atoms with Crippen LogP contribution in [-0.2, 0) is 0 Å². The number of nitrogens with zero attached hydrogens (tertiary/aromatic N) is 1. The zero-order chi connectivity index (χ0) is 15.5. The maximum absolute atomic E-state index is 13.1. The highest BCUT2D eigenvalue weighted by molar-refractivity contribution is 6.06. The molecule has 1 aromatic carbocycles. The molecule has 1 saturated carbocycles. The Morgan fingerprint density at radius 2 is 2.00 bits per heavy atom. The molecule has 1 aliphatic heterocycles. The van der Waals surface area contributed by atoms with Crippen molar-refractivity contribution in [3.8, 4) is 0 Å². The summed E-state index contributed by atoms with van der Waals surface area (Å²) in [5.41, 5.74) is 2.49. The molecular formula is C19H24N2O. The number of amides is 1. The minimum absolute atomic E-state index is 0.198. The van der Waals surface area contributed by atoms with E-state index in [1.807, 2.05) is 30.5 Å². The Morgan fingerprint density at radius 1 is 1.23 bits per heavy atom. The molecule has 1 amide bonds. The summed E-state index contributed by atoms with van der Waals surface area (Å²) in [4.78, 5) is 18.5. The van der Waals surface area contributed by atoms with E-state index < -0.39 is 0 Å². The molecule has 2 atom stereocenters. The van der Waals surface area contributed by atoms with Crippen LogP contribution >= 0.6 is 0 Å². The Balaban J connectivity index is 1.69. The fraction of sp³-hybridized carbons (Fsp3) is 0.526. The highest BCUT2D eigenvalue weighted by Gasteiger charge is 2.51. The van der Waals surface area contributed by atoms with Gasteiger partial charge in [-0.15, -0.1) is 0 Å². The predicted molar refractivity (Wildman–Crippen MR) is 88.9 cm³/mol. The van der Waals surface area contributed by atoms with Crippen LogP contribution in [0.25, 0.3) is 10.9 Å². The third kappa shape index (κ3) is 2.06. The first-order valence-electron chi connectivity index (χ1n) is 8.24. The van der Waals surface area contributed by atoms with Crippen molar-refractivity contribution >= 4 is 16.8 Å². The Labute approximate surface area is 131 Å². The molecule has 1 saturated heterocycles. The number of aromatic nitrogens is 1. The maximum atomic E-state index is 13.1. The number of nitrogens with one attached hydrogen (secondary N) is 1. The van der Waals surface area contributed by atoms with Gasteiger partial charge < -0.3 is 9.88 Å². The zero-order valence-electron chi connectivity index (χ0n) is 13.6. The minimum Gasteiger partial charge on any atom is -0.360 e. The molecule has 2 heterocycles. The number of hydrogen-bond acceptors (Lipinski definition) is 1. The highest BCUT2D eigenvalue weighted by Crippen LogP contribution is 2.52. The highest BCUT2D eigenvalue weighted by atomic mass is 16.2. The lowest BCUT2D eigenvalue weighted by Crippen LogP contribution is -2.37. The number of rotatable bonds is 1.